The molecule has 0 aliphatic rings. The number of nitro benzene ring substituents is 1. The van der Waals surface area contributed by atoms with Gasteiger partial charge >= 0.3 is 0 Å². The minimum Gasteiger partial charge on any atom is -0.494 e. The summed E-state index contributed by atoms with van der Waals surface area (Å²) in [5, 5.41) is 22.2. The van der Waals surface area contributed by atoms with Crippen LogP contribution in [0, 0.1) is 10.1 Å². The van der Waals surface area contributed by atoms with E-state index >= 15 is 0 Å². The second-order valence-electron chi connectivity index (χ2n) is 5.13. The molecule has 0 unspecified atom stereocenters. The van der Waals surface area contributed by atoms with Crippen molar-refractivity contribution in [3.63, 3.8) is 0 Å². The quantitative estimate of drug-likeness (QED) is 0.523. The number of carbonyl (C=O) groups is 1. The van der Waals surface area contributed by atoms with Crippen molar-refractivity contribution in [2.24, 2.45) is 0 Å². The van der Waals surface area contributed by atoms with Crippen molar-refractivity contribution in [3.8, 4) is 16.3 Å². The van der Waals surface area contributed by atoms with Crippen LogP contribution in [0.5, 0.6) is 5.75 Å². The van der Waals surface area contributed by atoms with Crippen molar-refractivity contribution in [2.45, 2.75) is 6.92 Å². The molecule has 0 saturated heterocycles. The summed E-state index contributed by atoms with van der Waals surface area (Å²) < 4.78 is 5.34. The number of non-ortho nitro benzene ring substituents is 1. The highest BCUT2D eigenvalue weighted by Gasteiger charge is 2.13. The van der Waals surface area contributed by atoms with Crippen molar-refractivity contribution in [2.75, 3.05) is 11.9 Å². The highest BCUT2D eigenvalue weighted by molar-refractivity contribution is 7.18. The smallest absolute Gasteiger partial charge is 0.270 e. The summed E-state index contributed by atoms with van der Waals surface area (Å²) in [6, 6.07) is 12.8. The molecular weight excluding hydrogens is 356 g/mol. The van der Waals surface area contributed by atoms with Gasteiger partial charge in [0.25, 0.3) is 11.6 Å². The molecule has 26 heavy (non-hydrogen) atoms. The summed E-state index contributed by atoms with van der Waals surface area (Å²) in [4.78, 5) is 22.7. The summed E-state index contributed by atoms with van der Waals surface area (Å²) in [6.45, 7) is 2.44. The highest BCUT2D eigenvalue weighted by atomic mass is 32.1. The van der Waals surface area contributed by atoms with Crippen LogP contribution in [0.4, 0.5) is 10.8 Å². The Morgan fingerprint density at radius 1 is 1.23 bits per heavy atom. The van der Waals surface area contributed by atoms with Gasteiger partial charge < -0.3 is 4.74 Å². The lowest BCUT2D eigenvalue weighted by Gasteiger charge is -2.04. The normalized spacial score (nSPS) is 10.3. The van der Waals surface area contributed by atoms with Gasteiger partial charge in [0, 0.05) is 23.3 Å². The first-order valence-electron chi connectivity index (χ1n) is 7.69. The predicted octanol–water partition coefficient (Wildman–Crippen LogP) is 3.76. The standard InChI is InChI=1S/C17H14N4O4S/c1-2-25-14-8-6-11(7-9-14)15(22)18-17-20-19-16(26-17)12-4-3-5-13(10-12)21(23)24/h3-10H,2H2,1H3,(H,18,20,22). The number of anilines is 1. The van der Waals surface area contributed by atoms with Crippen molar-refractivity contribution in [1.82, 2.24) is 10.2 Å². The lowest BCUT2D eigenvalue weighted by molar-refractivity contribution is -0.384. The molecule has 0 saturated carbocycles. The number of rotatable bonds is 6. The maximum atomic E-state index is 12.3. The molecule has 0 atom stereocenters. The average molecular weight is 370 g/mol. The maximum absolute atomic E-state index is 12.3. The van der Waals surface area contributed by atoms with Crippen molar-refractivity contribution in [3.05, 3.63) is 64.2 Å². The molecule has 0 bridgehead atoms. The Bertz CT molecular complexity index is 940. The number of nitrogens with zero attached hydrogens (tertiary/aromatic N) is 3. The molecule has 0 aliphatic heterocycles. The number of amides is 1. The zero-order valence-corrected chi connectivity index (χ0v) is 14.5. The average Bonchev–Trinajstić information content (AvgIpc) is 3.11. The van der Waals surface area contributed by atoms with E-state index in [0.717, 1.165) is 11.3 Å². The summed E-state index contributed by atoms with van der Waals surface area (Å²) in [6.07, 6.45) is 0. The molecule has 132 valence electrons. The van der Waals surface area contributed by atoms with E-state index in [9.17, 15) is 14.9 Å². The van der Waals surface area contributed by atoms with Crippen LogP contribution in [0.2, 0.25) is 0 Å². The summed E-state index contributed by atoms with van der Waals surface area (Å²) >= 11 is 1.14. The summed E-state index contributed by atoms with van der Waals surface area (Å²) in [5.74, 6) is 0.364. The third-order valence-electron chi connectivity index (χ3n) is 3.38. The van der Waals surface area contributed by atoms with Crippen LogP contribution in [-0.2, 0) is 0 Å². The van der Waals surface area contributed by atoms with Crippen LogP contribution in [-0.4, -0.2) is 27.6 Å². The molecule has 9 heteroatoms. The minimum absolute atomic E-state index is 0.0299. The van der Waals surface area contributed by atoms with E-state index in [1.807, 2.05) is 6.92 Å². The van der Waals surface area contributed by atoms with Crippen LogP contribution in [0.1, 0.15) is 17.3 Å². The van der Waals surface area contributed by atoms with Crippen LogP contribution < -0.4 is 10.1 Å². The first-order chi connectivity index (χ1) is 12.6. The zero-order chi connectivity index (χ0) is 18.5. The number of carbonyl (C=O) groups excluding carboxylic acids is 1. The SMILES string of the molecule is CCOc1ccc(C(=O)Nc2nnc(-c3cccc([N+](=O)[O-])c3)s2)cc1. The van der Waals surface area contributed by atoms with Gasteiger partial charge in [0.2, 0.25) is 5.13 Å². The third-order valence-corrected chi connectivity index (χ3v) is 4.26. The second kappa shape index (κ2) is 7.70. The Kier molecular flexibility index (Phi) is 5.18. The number of ether oxygens (including phenoxy) is 1. The molecule has 3 aromatic rings. The fourth-order valence-electron chi connectivity index (χ4n) is 2.18. The number of nitrogens with one attached hydrogen (secondary N) is 1. The largest absolute Gasteiger partial charge is 0.494 e. The Morgan fingerprint density at radius 3 is 2.69 bits per heavy atom. The molecule has 0 aliphatic carbocycles. The second-order valence-corrected chi connectivity index (χ2v) is 6.11. The summed E-state index contributed by atoms with van der Waals surface area (Å²) in [7, 11) is 0. The molecule has 0 fully saturated rings. The number of aromatic nitrogens is 2. The van der Waals surface area contributed by atoms with Gasteiger partial charge in [0.15, 0.2) is 0 Å². The van der Waals surface area contributed by atoms with E-state index in [1.54, 1.807) is 36.4 Å². The molecular formula is C17H14N4O4S. The Balaban J connectivity index is 1.72. The van der Waals surface area contributed by atoms with Crippen LogP contribution in [0.3, 0.4) is 0 Å². The van der Waals surface area contributed by atoms with E-state index in [0.29, 0.717) is 33.6 Å². The third kappa shape index (κ3) is 4.01. The van der Waals surface area contributed by atoms with Crippen LogP contribution in [0.15, 0.2) is 48.5 Å². The van der Waals surface area contributed by atoms with E-state index in [2.05, 4.69) is 15.5 Å². The van der Waals surface area contributed by atoms with Crippen molar-refractivity contribution in [1.29, 1.82) is 0 Å². The maximum Gasteiger partial charge on any atom is 0.270 e. The zero-order valence-electron chi connectivity index (χ0n) is 13.7. The molecule has 8 nitrogen and oxygen atoms in total. The van der Waals surface area contributed by atoms with Gasteiger partial charge in [-0.15, -0.1) is 10.2 Å². The molecule has 0 spiro atoms. The molecule has 1 heterocycles. The molecule has 1 amide bonds. The molecule has 1 N–H and O–H groups in total. The van der Waals surface area contributed by atoms with Gasteiger partial charge in [-0.25, -0.2) is 0 Å². The first-order valence-corrected chi connectivity index (χ1v) is 8.51. The van der Waals surface area contributed by atoms with Crippen LogP contribution >= 0.6 is 11.3 Å². The molecule has 3 rings (SSSR count). The monoisotopic (exact) mass is 370 g/mol. The van der Waals surface area contributed by atoms with E-state index < -0.39 is 4.92 Å². The van der Waals surface area contributed by atoms with Gasteiger partial charge in [-0.05, 0) is 31.2 Å². The van der Waals surface area contributed by atoms with Crippen LogP contribution in [0.25, 0.3) is 10.6 Å². The first kappa shape index (κ1) is 17.5. The Hall–Kier alpha value is -3.33. The molecule has 0 radical (unpaired) electrons. The molecule has 2 aromatic carbocycles. The number of hydrogen-bond donors (Lipinski definition) is 1. The van der Waals surface area contributed by atoms with E-state index in [-0.39, 0.29) is 11.6 Å². The lowest BCUT2D eigenvalue weighted by atomic mass is 10.2. The van der Waals surface area contributed by atoms with Gasteiger partial charge in [0.05, 0.1) is 11.5 Å². The number of benzene rings is 2. The van der Waals surface area contributed by atoms with Crippen molar-refractivity contribution < 1.29 is 14.5 Å². The summed E-state index contributed by atoms with van der Waals surface area (Å²) in [5.41, 5.74) is 0.997. The van der Waals surface area contributed by atoms with Gasteiger partial charge in [0.1, 0.15) is 10.8 Å². The Morgan fingerprint density at radius 2 is 2.00 bits per heavy atom. The Labute approximate surface area is 152 Å². The van der Waals surface area contributed by atoms with Crippen molar-refractivity contribution >= 4 is 28.1 Å². The van der Waals surface area contributed by atoms with Gasteiger partial charge in [-0.2, -0.15) is 0 Å². The number of hydrogen-bond acceptors (Lipinski definition) is 7. The highest BCUT2D eigenvalue weighted by Crippen LogP contribution is 2.29. The minimum atomic E-state index is -0.473. The lowest BCUT2D eigenvalue weighted by Crippen LogP contribution is -2.11. The van der Waals surface area contributed by atoms with Gasteiger partial charge in [-0.3, -0.25) is 20.2 Å². The van der Waals surface area contributed by atoms with E-state index in [1.165, 1.54) is 12.1 Å². The molecule has 1 aromatic heterocycles. The van der Waals surface area contributed by atoms with E-state index in [4.69, 9.17) is 4.74 Å². The fourth-order valence-corrected chi connectivity index (χ4v) is 2.92. The number of nitro groups is 1. The topological polar surface area (TPSA) is 107 Å². The fraction of sp³-hybridized carbons (Fsp3) is 0.118. The van der Waals surface area contributed by atoms with Gasteiger partial charge in [-0.1, -0.05) is 23.5 Å². The predicted molar refractivity (Wildman–Crippen MR) is 97.6 cm³/mol.